The van der Waals surface area contributed by atoms with Crippen LogP contribution in [0.15, 0.2) is 24.5 Å². The summed E-state index contributed by atoms with van der Waals surface area (Å²) in [7, 11) is 1.66. The molecule has 0 saturated carbocycles. The van der Waals surface area contributed by atoms with Crippen molar-refractivity contribution in [2.75, 3.05) is 5.73 Å². The number of aryl methyl sites for hydroxylation is 1. The zero-order chi connectivity index (χ0) is 12.3. The molecule has 17 heavy (non-hydrogen) atoms. The van der Waals surface area contributed by atoms with E-state index in [0.29, 0.717) is 23.6 Å². The molecule has 0 atom stereocenters. The van der Waals surface area contributed by atoms with E-state index in [2.05, 4.69) is 20.6 Å². The third-order valence-corrected chi connectivity index (χ3v) is 2.24. The standard InChI is InChI=1S/C10H12N6O/c1-16-9(8(11)6-14-16)10(17)12-5-7-3-2-4-13-15-7/h2-4,6H,5,11H2,1H3,(H,12,17). The molecule has 0 fully saturated rings. The molecule has 2 rings (SSSR count). The Bertz CT molecular complexity index is 501. The number of hydrogen-bond donors (Lipinski definition) is 2. The largest absolute Gasteiger partial charge is 0.396 e. The molecular formula is C10H12N6O. The van der Waals surface area contributed by atoms with Crippen LogP contribution in [0.25, 0.3) is 0 Å². The van der Waals surface area contributed by atoms with E-state index in [0.717, 1.165) is 0 Å². The number of hydrogen-bond acceptors (Lipinski definition) is 5. The maximum Gasteiger partial charge on any atom is 0.272 e. The number of nitrogens with zero attached hydrogens (tertiary/aromatic N) is 4. The summed E-state index contributed by atoms with van der Waals surface area (Å²) in [5.41, 5.74) is 7.01. The van der Waals surface area contributed by atoms with Crippen LogP contribution >= 0.6 is 0 Å². The molecule has 88 valence electrons. The van der Waals surface area contributed by atoms with Gasteiger partial charge < -0.3 is 11.1 Å². The minimum absolute atomic E-state index is 0.284. The third-order valence-electron chi connectivity index (χ3n) is 2.24. The highest BCUT2D eigenvalue weighted by Gasteiger charge is 2.14. The molecule has 0 bridgehead atoms. The number of carbonyl (C=O) groups excluding carboxylic acids is 1. The predicted octanol–water partition coefficient (Wildman–Crippen LogP) is -0.278. The van der Waals surface area contributed by atoms with Gasteiger partial charge in [0.25, 0.3) is 5.91 Å². The summed E-state index contributed by atoms with van der Waals surface area (Å²) in [6.07, 6.45) is 3.02. The van der Waals surface area contributed by atoms with Gasteiger partial charge in [-0.2, -0.15) is 15.3 Å². The van der Waals surface area contributed by atoms with Gasteiger partial charge in [0.05, 0.1) is 24.1 Å². The van der Waals surface area contributed by atoms with Gasteiger partial charge in [0.1, 0.15) is 5.69 Å². The number of rotatable bonds is 3. The first kappa shape index (κ1) is 11.1. The van der Waals surface area contributed by atoms with Crippen molar-refractivity contribution in [2.45, 2.75) is 6.54 Å². The number of nitrogen functional groups attached to an aromatic ring is 1. The van der Waals surface area contributed by atoms with Gasteiger partial charge in [-0.25, -0.2) is 0 Å². The monoisotopic (exact) mass is 232 g/mol. The smallest absolute Gasteiger partial charge is 0.272 e. The molecule has 3 N–H and O–H groups in total. The molecule has 0 radical (unpaired) electrons. The summed E-state index contributed by atoms with van der Waals surface area (Å²) in [6.45, 7) is 0.303. The zero-order valence-corrected chi connectivity index (χ0v) is 9.29. The first-order chi connectivity index (χ1) is 8.18. The summed E-state index contributed by atoms with van der Waals surface area (Å²) < 4.78 is 1.43. The van der Waals surface area contributed by atoms with Crippen LogP contribution in [0, 0.1) is 0 Å². The van der Waals surface area contributed by atoms with Gasteiger partial charge in [-0.3, -0.25) is 9.48 Å². The minimum Gasteiger partial charge on any atom is -0.396 e. The van der Waals surface area contributed by atoms with E-state index in [1.165, 1.54) is 10.9 Å². The molecule has 0 aliphatic carbocycles. The lowest BCUT2D eigenvalue weighted by atomic mass is 10.3. The maximum absolute atomic E-state index is 11.8. The Labute approximate surface area is 97.6 Å². The molecule has 2 aromatic heterocycles. The highest BCUT2D eigenvalue weighted by molar-refractivity contribution is 5.97. The van der Waals surface area contributed by atoms with Crippen LogP contribution in [0.4, 0.5) is 5.69 Å². The molecule has 2 aromatic rings. The highest BCUT2D eigenvalue weighted by atomic mass is 16.2. The predicted molar refractivity (Wildman–Crippen MR) is 60.8 cm³/mol. The van der Waals surface area contributed by atoms with Gasteiger partial charge in [-0.05, 0) is 12.1 Å². The summed E-state index contributed by atoms with van der Waals surface area (Å²) in [6, 6.07) is 3.53. The van der Waals surface area contributed by atoms with Crippen molar-refractivity contribution >= 4 is 11.6 Å². The number of carbonyl (C=O) groups is 1. The lowest BCUT2D eigenvalue weighted by molar-refractivity contribution is 0.0942. The van der Waals surface area contributed by atoms with Crippen LogP contribution in [0.3, 0.4) is 0 Å². The molecule has 0 aromatic carbocycles. The average Bonchev–Trinajstić information content (AvgIpc) is 2.67. The van der Waals surface area contributed by atoms with Crippen LogP contribution < -0.4 is 11.1 Å². The van der Waals surface area contributed by atoms with Crippen molar-refractivity contribution in [3.05, 3.63) is 35.9 Å². The molecule has 0 saturated heterocycles. The van der Waals surface area contributed by atoms with Crippen LogP contribution in [0.5, 0.6) is 0 Å². The Hall–Kier alpha value is -2.44. The van der Waals surface area contributed by atoms with Crippen molar-refractivity contribution in [2.24, 2.45) is 7.05 Å². The van der Waals surface area contributed by atoms with Gasteiger partial charge >= 0.3 is 0 Å². The second kappa shape index (κ2) is 4.60. The van der Waals surface area contributed by atoms with Gasteiger partial charge in [0.15, 0.2) is 0 Å². The Balaban J connectivity index is 2.04. The lowest BCUT2D eigenvalue weighted by Gasteiger charge is -2.05. The molecular weight excluding hydrogens is 220 g/mol. The number of nitrogens with two attached hydrogens (primary N) is 1. The van der Waals surface area contributed by atoms with Gasteiger partial charge in [0, 0.05) is 13.2 Å². The fourth-order valence-electron chi connectivity index (χ4n) is 1.41. The molecule has 2 heterocycles. The normalized spacial score (nSPS) is 10.2. The van der Waals surface area contributed by atoms with Crippen molar-refractivity contribution in [1.82, 2.24) is 25.3 Å². The van der Waals surface area contributed by atoms with Gasteiger partial charge in [-0.1, -0.05) is 0 Å². The second-order valence-electron chi connectivity index (χ2n) is 3.47. The Kier molecular flexibility index (Phi) is 2.99. The number of amides is 1. The van der Waals surface area contributed by atoms with Gasteiger partial charge in [-0.15, -0.1) is 0 Å². The van der Waals surface area contributed by atoms with Crippen molar-refractivity contribution < 1.29 is 4.79 Å². The Morgan fingerprint density at radius 3 is 3.00 bits per heavy atom. The summed E-state index contributed by atoms with van der Waals surface area (Å²) >= 11 is 0. The van der Waals surface area contributed by atoms with Crippen LogP contribution in [-0.2, 0) is 13.6 Å². The summed E-state index contributed by atoms with van der Waals surface area (Å²) in [5.74, 6) is -0.284. The van der Waals surface area contributed by atoms with Crippen molar-refractivity contribution in [3.8, 4) is 0 Å². The lowest BCUT2D eigenvalue weighted by Crippen LogP contribution is -2.26. The molecule has 1 amide bonds. The molecule has 7 heteroatoms. The third kappa shape index (κ3) is 2.39. The van der Waals surface area contributed by atoms with E-state index >= 15 is 0 Å². The van der Waals surface area contributed by atoms with Crippen molar-refractivity contribution in [1.29, 1.82) is 0 Å². The number of nitrogens with one attached hydrogen (secondary N) is 1. The van der Waals surface area contributed by atoms with Crippen LogP contribution in [-0.4, -0.2) is 25.9 Å². The average molecular weight is 232 g/mol. The van der Waals surface area contributed by atoms with Gasteiger partial charge in [0.2, 0.25) is 0 Å². The zero-order valence-electron chi connectivity index (χ0n) is 9.29. The topological polar surface area (TPSA) is 98.7 Å². The van der Waals surface area contributed by atoms with E-state index < -0.39 is 0 Å². The van der Waals surface area contributed by atoms with Crippen LogP contribution in [0.2, 0.25) is 0 Å². The quantitative estimate of drug-likeness (QED) is 0.758. The van der Waals surface area contributed by atoms with E-state index in [1.807, 2.05) is 0 Å². The number of anilines is 1. The first-order valence-electron chi connectivity index (χ1n) is 5.00. The fraction of sp³-hybridized carbons (Fsp3) is 0.200. The molecule has 0 spiro atoms. The molecule has 0 unspecified atom stereocenters. The Morgan fingerprint density at radius 2 is 2.41 bits per heavy atom. The fourth-order valence-corrected chi connectivity index (χ4v) is 1.41. The number of aromatic nitrogens is 4. The summed E-state index contributed by atoms with van der Waals surface area (Å²) in [5, 5.41) is 14.2. The SMILES string of the molecule is Cn1ncc(N)c1C(=O)NCc1cccnn1. The maximum atomic E-state index is 11.8. The van der Waals surface area contributed by atoms with E-state index in [-0.39, 0.29) is 5.91 Å². The summed E-state index contributed by atoms with van der Waals surface area (Å²) in [4.78, 5) is 11.8. The second-order valence-corrected chi connectivity index (χ2v) is 3.47. The molecule has 7 nitrogen and oxygen atoms in total. The Morgan fingerprint density at radius 1 is 1.59 bits per heavy atom. The van der Waals surface area contributed by atoms with E-state index in [9.17, 15) is 4.79 Å². The van der Waals surface area contributed by atoms with E-state index in [1.54, 1.807) is 25.4 Å². The highest BCUT2D eigenvalue weighted by Crippen LogP contribution is 2.08. The van der Waals surface area contributed by atoms with E-state index in [4.69, 9.17) is 5.73 Å². The molecule has 0 aliphatic heterocycles. The minimum atomic E-state index is -0.284. The molecule has 0 aliphatic rings. The first-order valence-corrected chi connectivity index (χ1v) is 5.00. The van der Waals surface area contributed by atoms with Crippen molar-refractivity contribution in [3.63, 3.8) is 0 Å². The van der Waals surface area contributed by atoms with Crippen LogP contribution in [0.1, 0.15) is 16.2 Å².